The smallest absolute Gasteiger partial charge is 0.127 e. The van der Waals surface area contributed by atoms with E-state index in [1.165, 1.54) is 6.07 Å². The maximum atomic E-state index is 13.5. The standard InChI is InChI=1S/C15H25FN2/c1-5-17-11-15(2,3)12-18(4)10-13-8-6-7-9-14(13)16/h6-9,17H,5,10-12H2,1-4H3. The van der Waals surface area contributed by atoms with Gasteiger partial charge in [0.05, 0.1) is 0 Å². The molecule has 0 heterocycles. The van der Waals surface area contributed by atoms with Gasteiger partial charge in [-0.2, -0.15) is 0 Å². The number of nitrogens with zero attached hydrogens (tertiary/aromatic N) is 1. The first-order valence-corrected chi connectivity index (χ1v) is 6.57. The Kier molecular flexibility index (Phi) is 5.76. The molecular weight excluding hydrogens is 227 g/mol. The zero-order chi connectivity index (χ0) is 13.6. The largest absolute Gasteiger partial charge is 0.316 e. The number of nitrogens with one attached hydrogen (secondary N) is 1. The van der Waals surface area contributed by atoms with Crippen molar-refractivity contribution in [1.82, 2.24) is 10.2 Å². The van der Waals surface area contributed by atoms with Crippen LogP contribution in [0.25, 0.3) is 0 Å². The van der Waals surface area contributed by atoms with E-state index in [0.29, 0.717) is 6.54 Å². The number of benzene rings is 1. The molecule has 18 heavy (non-hydrogen) atoms. The van der Waals surface area contributed by atoms with E-state index in [1.54, 1.807) is 6.07 Å². The third-order valence-corrected chi connectivity index (χ3v) is 2.95. The highest BCUT2D eigenvalue weighted by molar-refractivity contribution is 5.17. The average Bonchev–Trinajstić information content (AvgIpc) is 2.29. The predicted molar refractivity (Wildman–Crippen MR) is 75.1 cm³/mol. The van der Waals surface area contributed by atoms with Crippen LogP contribution in [0.4, 0.5) is 4.39 Å². The van der Waals surface area contributed by atoms with Crippen molar-refractivity contribution in [3.05, 3.63) is 35.6 Å². The minimum atomic E-state index is -0.117. The summed E-state index contributed by atoms with van der Waals surface area (Å²) in [5.74, 6) is -0.117. The van der Waals surface area contributed by atoms with Crippen molar-refractivity contribution in [1.29, 1.82) is 0 Å². The first kappa shape index (κ1) is 15.1. The summed E-state index contributed by atoms with van der Waals surface area (Å²) in [5, 5.41) is 3.37. The molecule has 0 spiro atoms. The monoisotopic (exact) mass is 252 g/mol. The van der Waals surface area contributed by atoms with Crippen LogP contribution in [0.2, 0.25) is 0 Å². The van der Waals surface area contributed by atoms with Crippen molar-refractivity contribution in [3.8, 4) is 0 Å². The first-order chi connectivity index (χ1) is 8.44. The van der Waals surface area contributed by atoms with E-state index in [2.05, 4.69) is 31.0 Å². The molecule has 0 aliphatic rings. The molecule has 1 N–H and O–H groups in total. The molecule has 0 atom stereocenters. The second-order valence-corrected chi connectivity index (χ2v) is 5.71. The molecule has 0 radical (unpaired) electrons. The summed E-state index contributed by atoms with van der Waals surface area (Å²) in [6.45, 7) is 10.1. The van der Waals surface area contributed by atoms with Crippen LogP contribution in [0.15, 0.2) is 24.3 Å². The fraction of sp³-hybridized carbons (Fsp3) is 0.600. The van der Waals surface area contributed by atoms with Gasteiger partial charge >= 0.3 is 0 Å². The van der Waals surface area contributed by atoms with E-state index < -0.39 is 0 Å². The van der Waals surface area contributed by atoms with Crippen LogP contribution < -0.4 is 5.32 Å². The molecule has 0 fully saturated rings. The molecular formula is C15H25FN2. The Labute approximate surface area is 110 Å². The van der Waals surface area contributed by atoms with Gasteiger partial charge in [0, 0.05) is 25.2 Å². The molecule has 0 aliphatic heterocycles. The Hall–Kier alpha value is -0.930. The summed E-state index contributed by atoms with van der Waals surface area (Å²) in [4.78, 5) is 2.18. The van der Waals surface area contributed by atoms with Gasteiger partial charge in [0.1, 0.15) is 5.82 Å². The third-order valence-electron chi connectivity index (χ3n) is 2.95. The molecule has 2 nitrogen and oxygen atoms in total. The van der Waals surface area contributed by atoms with Gasteiger partial charge in [-0.1, -0.05) is 39.0 Å². The molecule has 0 bridgehead atoms. The molecule has 0 amide bonds. The molecule has 0 saturated heterocycles. The van der Waals surface area contributed by atoms with Crippen molar-refractivity contribution in [2.75, 3.05) is 26.7 Å². The lowest BCUT2D eigenvalue weighted by molar-refractivity contribution is 0.198. The van der Waals surface area contributed by atoms with Gasteiger partial charge in [0.25, 0.3) is 0 Å². The fourth-order valence-electron chi connectivity index (χ4n) is 2.22. The van der Waals surface area contributed by atoms with E-state index >= 15 is 0 Å². The van der Waals surface area contributed by atoms with Crippen molar-refractivity contribution in [2.45, 2.75) is 27.3 Å². The maximum absolute atomic E-state index is 13.5. The first-order valence-electron chi connectivity index (χ1n) is 6.57. The molecule has 1 aromatic rings. The molecule has 1 rings (SSSR count). The Balaban J connectivity index is 2.51. The second kappa shape index (κ2) is 6.86. The van der Waals surface area contributed by atoms with Crippen LogP contribution in [-0.4, -0.2) is 31.6 Å². The van der Waals surface area contributed by atoms with Gasteiger partial charge in [-0.3, -0.25) is 0 Å². The second-order valence-electron chi connectivity index (χ2n) is 5.71. The quantitative estimate of drug-likeness (QED) is 0.802. The normalized spacial score (nSPS) is 12.1. The summed E-state index contributed by atoms with van der Waals surface area (Å²) >= 11 is 0. The third kappa shape index (κ3) is 5.15. The van der Waals surface area contributed by atoms with Crippen LogP contribution >= 0.6 is 0 Å². The van der Waals surface area contributed by atoms with Crippen LogP contribution in [0.3, 0.4) is 0 Å². The molecule has 0 aliphatic carbocycles. The van der Waals surface area contributed by atoms with Gasteiger partial charge in [-0.25, -0.2) is 4.39 Å². The molecule has 0 unspecified atom stereocenters. The topological polar surface area (TPSA) is 15.3 Å². The molecule has 0 saturated carbocycles. The molecule has 0 aromatic heterocycles. The van der Waals surface area contributed by atoms with Crippen molar-refractivity contribution in [2.24, 2.45) is 5.41 Å². The Morgan fingerprint density at radius 3 is 2.56 bits per heavy atom. The zero-order valence-corrected chi connectivity index (χ0v) is 12.0. The molecule has 3 heteroatoms. The average molecular weight is 252 g/mol. The Morgan fingerprint density at radius 1 is 1.28 bits per heavy atom. The lowest BCUT2D eigenvalue weighted by Gasteiger charge is -2.30. The van der Waals surface area contributed by atoms with Crippen LogP contribution in [0.1, 0.15) is 26.3 Å². The lowest BCUT2D eigenvalue weighted by Crippen LogP contribution is -2.38. The summed E-state index contributed by atoms with van der Waals surface area (Å²) in [7, 11) is 2.04. The summed E-state index contributed by atoms with van der Waals surface area (Å²) in [6.07, 6.45) is 0. The SMILES string of the molecule is CCNCC(C)(C)CN(C)Cc1ccccc1F. The van der Waals surface area contributed by atoms with E-state index in [-0.39, 0.29) is 11.2 Å². The van der Waals surface area contributed by atoms with Crippen molar-refractivity contribution >= 4 is 0 Å². The minimum Gasteiger partial charge on any atom is -0.316 e. The van der Waals surface area contributed by atoms with Gasteiger partial charge in [0.2, 0.25) is 0 Å². The highest BCUT2D eigenvalue weighted by Crippen LogP contribution is 2.17. The maximum Gasteiger partial charge on any atom is 0.127 e. The number of hydrogen-bond donors (Lipinski definition) is 1. The van der Waals surface area contributed by atoms with E-state index in [0.717, 1.165) is 25.2 Å². The highest BCUT2D eigenvalue weighted by atomic mass is 19.1. The molecule has 102 valence electrons. The van der Waals surface area contributed by atoms with E-state index in [4.69, 9.17) is 0 Å². The van der Waals surface area contributed by atoms with Gasteiger partial charge in [-0.05, 0) is 25.1 Å². The van der Waals surface area contributed by atoms with Gasteiger partial charge in [0.15, 0.2) is 0 Å². The predicted octanol–water partition coefficient (Wildman–Crippen LogP) is 2.89. The summed E-state index contributed by atoms with van der Waals surface area (Å²) < 4.78 is 13.5. The lowest BCUT2D eigenvalue weighted by atomic mass is 9.92. The van der Waals surface area contributed by atoms with Gasteiger partial charge in [-0.15, -0.1) is 0 Å². The zero-order valence-electron chi connectivity index (χ0n) is 12.0. The number of hydrogen-bond acceptors (Lipinski definition) is 2. The van der Waals surface area contributed by atoms with Crippen molar-refractivity contribution in [3.63, 3.8) is 0 Å². The summed E-state index contributed by atoms with van der Waals surface area (Å²) in [5.41, 5.74) is 0.954. The Morgan fingerprint density at radius 2 is 1.94 bits per heavy atom. The van der Waals surface area contributed by atoms with E-state index in [1.807, 2.05) is 19.2 Å². The van der Waals surface area contributed by atoms with Crippen LogP contribution in [0.5, 0.6) is 0 Å². The molecule has 1 aromatic carbocycles. The summed E-state index contributed by atoms with van der Waals surface area (Å²) in [6, 6.07) is 6.99. The Bertz CT molecular complexity index is 363. The van der Waals surface area contributed by atoms with E-state index in [9.17, 15) is 4.39 Å². The number of rotatable bonds is 7. The van der Waals surface area contributed by atoms with Crippen LogP contribution in [0, 0.1) is 11.2 Å². The highest BCUT2D eigenvalue weighted by Gasteiger charge is 2.19. The minimum absolute atomic E-state index is 0.117. The number of halogens is 1. The van der Waals surface area contributed by atoms with Crippen LogP contribution in [-0.2, 0) is 6.54 Å². The van der Waals surface area contributed by atoms with Gasteiger partial charge < -0.3 is 10.2 Å². The fourth-order valence-corrected chi connectivity index (χ4v) is 2.22. The van der Waals surface area contributed by atoms with Crippen molar-refractivity contribution < 1.29 is 4.39 Å².